The maximum absolute atomic E-state index is 12.9. The Balaban J connectivity index is 1.46. The lowest BCUT2D eigenvalue weighted by Crippen LogP contribution is -2.44. The summed E-state index contributed by atoms with van der Waals surface area (Å²) in [5.41, 5.74) is 6.81. The molecule has 0 bridgehead atoms. The number of carbonyl (C=O) groups is 2. The Morgan fingerprint density at radius 1 is 1.22 bits per heavy atom. The summed E-state index contributed by atoms with van der Waals surface area (Å²) in [7, 11) is 0. The molecule has 0 radical (unpaired) electrons. The number of hydrogen-bond donors (Lipinski definition) is 3. The minimum absolute atomic E-state index is 0.131. The summed E-state index contributed by atoms with van der Waals surface area (Å²) < 4.78 is 0. The van der Waals surface area contributed by atoms with E-state index < -0.39 is 5.54 Å². The molecule has 7 heteroatoms. The van der Waals surface area contributed by atoms with E-state index in [0.29, 0.717) is 24.2 Å². The summed E-state index contributed by atoms with van der Waals surface area (Å²) in [6.45, 7) is 0.411. The molecule has 1 aromatic rings. The number of nitrogens with zero attached hydrogens (tertiary/aromatic N) is 2. The van der Waals surface area contributed by atoms with Crippen molar-refractivity contribution in [2.24, 2.45) is 10.7 Å². The van der Waals surface area contributed by atoms with Gasteiger partial charge < -0.3 is 16.4 Å². The topological polar surface area (TPSA) is 99.8 Å². The quantitative estimate of drug-likeness (QED) is 0.431. The fourth-order valence-electron chi connectivity index (χ4n) is 4.47. The number of anilines is 1. The molecule has 2 aliphatic carbocycles. The van der Waals surface area contributed by atoms with E-state index in [9.17, 15) is 9.59 Å². The average Bonchev–Trinajstić information content (AvgIpc) is 3.37. The number of amides is 3. The summed E-state index contributed by atoms with van der Waals surface area (Å²) >= 11 is 0. The van der Waals surface area contributed by atoms with Gasteiger partial charge in [0.05, 0.1) is 12.2 Å². The van der Waals surface area contributed by atoms with Crippen LogP contribution in [0.15, 0.2) is 29.3 Å². The molecule has 3 fully saturated rings. The number of nitrogens with one attached hydrogen (secondary N) is 2. The zero-order valence-corrected chi connectivity index (χ0v) is 15.5. The summed E-state index contributed by atoms with van der Waals surface area (Å²) in [6, 6.07) is 7.51. The van der Waals surface area contributed by atoms with Crippen molar-refractivity contribution in [2.45, 2.75) is 69.5 Å². The molecule has 3 aliphatic rings. The van der Waals surface area contributed by atoms with Crippen LogP contribution < -0.4 is 21.3 Å². The standard InChI is InChI=1S/C20H27N5O2/c21-18(23-15-7-1-2-8-15)22-13-14-6-5-9-16(12-14)25-17(26)20(24-19(25)27)10-3-4-11-20/h5-6,9,12,15H,1-4,7-8,10-11,13H2,(H,24,27)(H3,21,22,23). The smallest absolute Gasteiger partial charge is 0.329 e. The van der Waals surface area contributed by atoms with Gasteiger partial charge in [-0.15, -0.1) is 0 Å². The van der Waals surface area contributed by atoms with Crippen molar-refractivity contribution in [3.8, 4) is 0 Å². The fourth-order valence-corrected chi connectivity index (χ4v) is 4.47. The third kappa shape index (κ3) is 3.50. The molecule has 0 aromatic heterocycles. The van der Waals surface area contributed by atoms with Crippen LogP contribution in [0, 0.1) is 0 Å². The predicted molar refractivity (Wildman–Crippen MR) is 104 cm³/mol. The summed E-state index contributed by atoms with van der Waals surface area (Å²) in [5.74, 6) is 0.320. The molecule has 7 nitrogen and oxygen atoms in total. The molecule has 1 aromatic carbocycles. The largest absolute Gasteiger partial charge is 0.370 e. The third-order valence-corrected chi connectivity index (χ3v) is 5.93. The second-order valence-corrected chi connectivity index (χ2v) is 7.86. The monoisotopic (exact) mass is 369 g/mol. The van der Waals surface area contributed by atoms with E-state index in [0.717, 1.165) is 44.1 Å². The number of nitrogens with two attached hydrogens (primary N) is 1. The molecule has 2 saturated carbocycles. The van der Waals surface area contributed by atoms with Gasteiger partial charge in [-0.2, -0.15) is 0 Å². The van der Waals surface area contributed by atoms with Crippen LogP contribution in [0.1, 0.15) is 56.9 Å². The Hall–Kier alpha value is -2.57. The van der Waals surface area contributed by atoms with Gasteiger partial charge in [-0.1, -0.05) is 37.8 Å². The van der Waals surface area contributed by atoms with E-state index in [1.54, 1.807) is 6.07 Å². The maximum atomic E-state index is 12.9. The SMILES string of the molecule is NC(=NCc1cccc(N2C(=O)NC3(CCCC3)C2=O)c1)NC1CCCC1. The molecular weight excluding hydrogens is 342 g/mol. The van der Waals surface area contributed by atoms with Gasteiger partial charge in [-0.05, 0) is 43.4 Å². The van der Waals surface area contributed by atoms with Crippen LogP contribution in [0.3, 0.4) is 0 Å². The Kier molecular flexibility index (Phi) is 4.76. The lowest BCUT2D eigenvalue weighted by Gasteiger charge is -2.20. The summed E-state index contributed by atoms with van der Waals surface area (Å²) in [5, 5.41) is 6.18. The number of aliphatic imine (C=N–C) groups is 1. The van der Waals surface area contributed by atoms with Crippen molar-refractivity contribution in [3.63, 3.8) is 0 Å². The molecule has 0 atom stereocenters. The van der Waals surface area contributed by atoms with Crippen LogP contribution >= 0.6 is 0 Å². The van der Waals surface area contributed by atoms with E-state index in [4.69, 9.17) is 5.73 Å². The van der Waals surface area contributed by atoms with Gasteiger partial charge in [-0.25, -0.2) is 14.7 Å². The highest BCUT2D eigenvalue weighted by molar-refractivity contribution is 6.23. The van der Waals surface area contributed by atoms with Gasteiger partial charge in [0.1, 0.15) is 5.54 Å². The Morgan fingerprint density at radius 2 is 1.96 bits per heavy atom. The number of imide groups is 1. The number of urea groups is 1. The Labute approximate surface area is 159 Å². The van der Waals surface area contributed by atoms with Crippen molar-refractivity contribution in [1.82, 2.24) is 10.6 Å². The molecule has 4 rings (SSSR count). The number of hydrogen-bond acceptors (Lipinski definition) is 3. The maximum Gasteiger partial charge on any atom is 0.329 e. The number of carbonyl (C=O) groups excluding carboxylic acids is 2. The van der Waals surface area contributed by atoms with Crippen molar-refractivity contribution >= 4 is 23.6 Å². The first-order valence-corrected chi connectivity index (χ1v) is 9.89. The van der Waals surface area contributed by atoms with Crippen LogP contribution in [-0.4, -0.2) is 29.5 Å². The normalized spacial score (nSPS) is 22.7. The zero-order valence-electron chi connectivity index (χ0n) is 15.5. The third-order valence-electron chi connectivity index (χ3n) is 5.93. The summed E-state index contributed by atoms with van der Waals surface area (Å²) in [6.07, 6.45) is 8.15. The number of rotatable bonds is 4. The number of guanidine groups is 1. The van der Waals surface area contributed by atoms with E-state index in [2.05, 4.69) is 15.6 Å². The Bertz CT molecular complexity index is 763. The van der Waals surface area contributed by atoms with E-state index in [1.807, 2.05) is 18.2 Å². The van der Waals surface area contributed by atoms with Crippen molar-refractivity contribution in [2.75, 3.05) is 4.90 Å². The van der Waals surface area contributed by atoms with Gasteiger partial charge in [0.15, 0.2) is 5.96 Å². The first kappa shape index (κ1) is 17.8. The molecule has 1 heterocycles. The van der Waals surface area contributed by atoms with Gasteiger partial charge >= 0.3 is 6.03 Å². The van der Waals surface area contributed by atoms with Gasteiger partial charge in [0.25, 0.3) is 5.91 Å². The predicted octanol–water partition coefficient (Wildman–Crippen LogP) is 2.40. The van der Waals surface area contributed by atoms with Crippen LogP contribution in [-0.2, 0) is 11.3 Å². The van der Waals surface area contributed by atoms with Gasteiger partial charge in [0, 0.05) is 6.04 Å². The molecule has 1 aliphatic heterocycles. The van der Waals surface area contributed by atoms with Gasteiger partial charge in [-0.3, -0.25) is 4.79 Å². The zero-order chi connectivity index (χ0) is 18.9. The molecule has 144 valence electrons. The van der Waals surface area contributed by atoms with Crippen LogP contribution in [0.2, 0.25) is 0 Å². The first-order chi connectivity index (χ1) is 13.1. The second-order valence-electron chi connectivity index (χ2n) is 7.86. The van der Waals surface area contributed by atoms with Crippen LogP contribution in [0.25, 0.3) is 0 Å². The highest BCUT2D eigenvalue weighted by atomic mass is 16.2. The summed E-state index contributed by atoms with van der Waals surface area (Å²) in [4.78, 5) is 31.0. The highest BCUT2D eigenvalue weighted by Crippen LogP contribution is 2.37. The Morgan fingerprint density at radius 3 is 2.70 bits per heavy atom. The molecule has 27 heavy (non-hydrogen) atoms. The average molecular weight is 369 g/mol. The molecule has 4 N–H and O–H groups in total. The highest BCUT2D eigenvalue weighted by Gasteiger charge is 2.52. The van der Waals surface area contributed by atoms with Crippen molar-refractivity contribution in [3.05, 3.63) is 29.8 Å². The molecule has 3 amide bonds. The first-order valence-electron chi connectivity index (χ1n) is 9.89. The van der Waals surface area contributed by atoms with Crippen molar-refractivity contribution < 1.29 is 9.59 Å². The minimum Gasteiger partial charge on any atom is -0.370 e. The fraction of sp³-hybridized carbons (Fsp3) is 0.550. The van der Waals surface area contributed by atoms with E-state index in [-0.39, 0.29) is 11.9 Å². The molecule has 0 unspecified atom stereocenters. The molecule has 1 spiro atoms. The lowest BCUT2D eigenvalue weighted by atomic mass is 9.98. The van der Waals surface area contributed by atoms with E-state index >= 15 is 0 Å². The molecule has 1 saturated heterocycles. The van der Waals surface area contributed by atoms with E-state index in [1.165, 1.54) is 17.7 Å². The second kappa shape index (κ2) is 7.21. The van der Waals surface area contributed by atoms with Crippen molar-refractivity contribution in [1.29, 1.82) is 0 Å². The van der Waals surface area contributed by atoms with Gasteiger partial charge in [0.2, 0.25) is 0 Å². The molecular formula is C20H27N5O2. The van der Waals surface area contributed by atoms with Crippen LogP contribution in [0.4, 0.5) is 10.5 Å². The number of benzene rings is 1. The minimum atomic E-state index is -0.694. The lowest BCUT2D eigenvalue weighted by molar-refractivity contribution is -0.121. The van der Waals surface area contributed by atoms with Crippen LogP contribution in [0.5, 0.6) is 0 Å².